The van der Waals surface area contributed by atoms with Crippen molar-refractivity contribution in [3.05, 3.63) is 89.2 Å². The number of nitrogens with zero attached hydrogens (tertiary/aromatic N) is 5. The molecule has 0 spiro atoms. The van der Waals surface area contributed by atoms with Gasteiger partial charge < -0.3 is 14.5 Å². The molecule has 1 amide bonds. The molecule has 4 aromatic rings. The Bertz CT molecular complexity index is 1920. The van der Waals surface area contributed by atoms with E-state index in [9.17, 15) is 13.2 Å². The van der Waals surface area contributed by atoms with Crippen LogP contribution in [0.3, 0.4) is 0 Å². The molecule has 1 fully saturated rings. The molecule has 2 aliphatic heterocycles. The van der Waals surface area contributed by atoms with E-state index in [4.69, 9.17) is 4.74 Å². The van der Waals surface area contributed by atoms with Crippen molar-refractivity contribution >= 4 is 27.6 Å². The Morgan fingerprint density at radius 2 is 1.75 bits per heavy atom. The molecule has 1 N–H and O–H groups in total. The second-order valence-corrected chi connectivity index (χ2v) is 15.9. The SMILES string of the molecule is Cc1cccc(C)c1-c1cc2nc(n1)NS(=O)(=O)c1cccc(c1)C(=O)N(Cc1cncc(N3CCC[C@@H]3C)c1)[C@H](CC(C)(C)C)CO2. The predicted molar refractivity (Wildman–Crippen MR) is 188 cm³/mol. The number of nitrogens with one attached hydrogen (secondary N) is 1. The van der Waals surface area contributed by atoms with Crippen LogP contribution in [0.5, 0.6) is 5.88 Å². The average molecular weight is 669 g/mol. The summed E-state index contributed by atoms with van der Waals surface area (Å²) in [4.78, 5) is 32.3. The van der Waals surface area contributed by atoms with E-state index in [1.807, 2.05) is 38.2 Å². The zero-order valence-corrected chi connectivity index (χ0v) is 29.3. The van der Waals surface area contributed by atoms with Gasteiger partial charge in [0.05, 0.1) is 28.5 Å². The summed E-state index contributed by atoms with van der Waals surface area (Å²) in [7, 11) is -4.16. The molecule has 10 nitrogen and oxygen atoms in total. The zero-order chi connectivity index (χ0) is 34.2. The largest absolute Gasteiger partial charge is 0.475 e. The summed E-state index contributed by atoms with van der Waals surface area (Å²) < 4.78 is 36.4. The quantitative estimate of drug-likeness (QED) is 0.247. The molecule has 252 valence electrons. The molecular formula is C37H44N6O4S. The standard InChI is InChI=1S/C37H44N6O4S/c1-24-10-7-11-25(2)34(24)32-18-33-40-36(39-32)41-48(45,46)31-14-8-13-28(17-31)35(44)43(30(23-47-33)19-37(4,5)6)22-27-16-29(21-38-20-27)42-15-9-12-26(42)3/h7-8,10-11,13-14,16-18,20-21,26,30H,9,12,15,19,22-23H2,1-6H3,(H,39,40,41)/t26-,30+/m0/s1. The second kappa shape index (κ2) is 13.2. The summed E-state index contributed by atoms with van der Waals surface area (Å²) in [5.74, 6) is -0.188. The van der Waals surface area contributed by atoms with E-state index < -0.39 is 10.0 Å². The number of carbonyl (C=O) groups excluding carboxylic acids is 1. The van der Waals surface area contributed by atoms with Gasteiger partial charge in [-0.2, -0.15) is 4.98 Å². The lowest BCUT2D eigenvalue weighted by molar-refractivity contribution is 0.0513. The van der Waals surface area contributed by atoms with E-state index in [0.717, 1.165) is 47.3 Å². The molecular weight excluding hydrogens is 625 g/mol. The molecule has 48 heavy (non-hydrogen) atoms. The minimum Gasteiger partial charge on any atom is -0.475 e. The van der Waals surface area contributed by atoms with Gasteiger partial charge in [-0.15, -0.1) is 0 Å². The summed E-state index contributed by atoms with van der Waals surface area (Å²) in [6.07, 6.45) is 6.55. The summed E-state index contributed by atoms with van der Waals surface area (Å²) in [5.41, 5.74) is 5.40. The highest BCUT2D eigenvalue weighted by Gasteiger charge is 2.32. The summed E-state index contributed by atoms with van der Waals surface area (Å²) in [6.45, 7) is 14.0. The van der Waals surface area contributed by atoms with Crippen molar-refractivity contribution < 1.29 is 17.9 Å². The van der Waals surface area contributed by atoms with Gasteiger partial charge in [-0.1, -0.05) is 45.0 Å². The number of aromatic nitrogens is 3. The van der Waals surface area contributed by atoms with Crippen molar-refractivity contribution in [1.82, 2.24) is 19.9 Å². The molecule has 2 atom stereocenters. The van der Waals surface area contributed by atoms with Crippen LogP contribution in [0, 0.1) is 19.3 Å². The molecule has 6 rings (SSSR count). The fraction of sp³-hybridized carbons (Fsp3) is 0.405. The first-order valence-electron chi connectivity index (χ1n) is 16.5. The predicted octanol–water partition coefficient (Wildman–Crippen LogP) is 6.78. The number of sulfonamides is 1. The summed E-state index contributed by atoms with van der Waals surface area (Å²) in [5, 5.41) is 0. The Morgan fingerprint density at radius 1 is 1.00 bits per heavy atom. The van der Waals surface area contributed by atoms with Crippen LogP contribution in [0.1, 0.15) is 74.0 Å². The fourth-order valence-corrected chi connectivity index (χ4v) is 7.77. The van der Waals surface area contributed by atoms with Crippen LogP contribution < -0.4 is 14.4 Å². The Kier molecular flexibility index (Phi) is 9.17. The van der Waals surface area contributed by atoms with Crippen LogP contribution in [0.2, 0.25) is 0 Å². The average Bonchev–Trinajstić information content (AvgIpc) is 3.46. The van der Waals surface area contributed by atoms with E-state index in [1.54, 1.807) is 29.3 Å². The molecule has 2 aromatic heterocycles. The first kappa shape index (κ1) is 33.4. The van der Waals surface area contributed by atoms with Crippen molar-refractivity contribution in [2.75, 3.05) is 22.8 Å². The first-order valence-corrected chi connectivity index (χ1v) is 18.0. The molecule has 1 saturated heterocycles. The number of hydrogen-bond donors (Lipinski definition) is 1. The van der Waals surface area contributed by atoms with Crippen molar-refractivity contribution in [1.29, 1.82) is 0 Å². The number of aryl methyl sites for hydroxylation is 2. The van der Waals surface area contributed by atoms with Gasteiger partial charge in [-0.3, -0.25) is 9.78 Å². The van der Waals surface area contributed by atoms with Gasteiger partial charge in [0, 0.05) is 42.5 Å². The molecule has 0 radical (unpaired) electrons. The normalized spacial score (nSPS) is 19.5. The van der Waals surface area contributed by atoms with Crippen molar-refractivity contribution in [3.63, 3.8) is 0 Å². The number of anilines is 2. The number of fused-ring (bicyclic) bond motifs is 4. The van der Waals surface area contributed by atoms with Gasteiger partial charge >= 0.3 is 0 Å². The third-order valence-corrected chi connectivity index (χ3v) is 10.4. The van der Waals surface area contributed by atoms with Gasteiger partial charge in [-0.05, 0) is 86.4 Å². The lowest BCUT2D eigenvalue weighted by atomic mass is 9.87. The van der Waals surface area contributed by atoms with Crippen molar-refractivity contribution in [3.8, 4) is 17.1 Å². The first-order chi connectivity index (χ1) is 22.8. The lowest BCUT2D eigenvalue weighted by Crippen LogP contribution is -2.45. The van der Waals surface area contributed by atoms with E-state index in [-0.39, 0.29) is 52.8 Å². The Hall–Kier alpha value is -4.51. The van der Waals surface area contributed by atoms with E-state index in [1.165, 1.54) is 12.1 Å². The third kappa shape index (κ3) is 7.31. The van der Waals surface area contributed by atoms with Crippen LogP contribution >= 0.6 is 0 Å². The molecule has 0 aliphatic carbocycles. The van der Waals surface area contributed by atoms with Crippen LogP contribution in [0.4, 0.5) is 11.6 Å². The lowest BCUT2D eigenvalue weighted by Gasteiger charge is -2.36. The number of pyridine rings is 1. The maximum atomic E-state index is 14.5. The van der Waals surface area contributed by atoms with Crippen molar-refractivity contribution in [2.24, 2.45) is 5.41 Å². The summed E-state index contributed by atoms with van der Waals surface area (Å²) in [6, 6.07) is 15.9. The topological polar surface area (TPSA) is 118 Å². The highest BCUT2D eigenvalue weighted by molar-refractivity contribution is 7.92. The molecule has 2 aromatic carbocycles. The van der Waals surface area contributed by atoms with Crippen LogP contribution in [0.25, 0.3) is 11.3 Å². The maximum Gasteiger partial charge on any atom is 0.264 e. The number of amides is 1. The molecule has 2 aliphatic rings. The second-order valence-electron chi connectivity index (χ2n) is 14.2. The van der Waals surface area contributed by atoms with Crippen LogP contribution in [-0.2, 0) is 16.6 Å². The summed E-state index contributed by atoms with van der Waals surface area (Å²) >= 11 is 0. The van der Waals surface area contributed by atoms with Gasteiger partial charge in [0.25, 0.3) is 15.9 Å². The molecule has 0 unspecified atom stereocenters. The number of rotatable bonds is 5. The van der Waals surface area contributed by atoms with E-state index >= 15 is 0 Å². The van der Waals surface area contributed by atoms with E-state index in [0.29, 0.717) is 18.2 Å². The van der Waals surface area contributed by atoms with Crippen molar-refractivity contribution in [2.45, 2.75) is 84.3 Å². The fourth-order valence-electron chi connectivity index (χ4n) is 6.78. The highest BCUT2D eigenvalue weighted by atomic mass is 32.2. The minimum atomic E-state index is -4.16. The maximum absolute atomic E-state index is 14.5. The minimum absolute atomic E-state index is 0.0600. The molecule has 4 bridgehead atoms. The zero-order valence-electron chi connectivity index (χ0n) is 28.5. The van der Waals surface area contributed by atoms with Crippen LogP contribution in [0.15, 0.2) is 71.9 Å². The highest BCUT2D eigenvalue weighted by Crippen LogP contribution is 2.32. The molecule has 4 heterocycles. The van der Waals surface area contributed by atoms with Gasteiger partial charge in [-0.25, -0.2) is 18.1 Å². The number of carbonyl (C=O) groups is 1. The molecule has 11 heteroatoms. The van der Waals surface area contributed by atoms with E-state index in [2.05, 4.69) is 58.3 Å². The van der Waals surface area contributed by atoms with Gasteiger partial charge in [0.1, 0.15) is 6.61 Å². The van der Waals surface area contributed by atoms with Gasteiger partial charge in [0.15, 0.2) is 0 Å². The van der Waals surface area contributed by atoms with Crippen LogP contribution in [-0.4, -0.2) is 59.4 Å². The Labute approximate surface area is 283 Å². The van der Waals surface area contributed by atoms with Gasteiger partial charge in [0.2, 0.25) is 11.8 Å². The molecule has 0 saturated carbocycles. The number of hydrogen-bond acceptors (Lipinski definition) is 8. The Morgan fingerprint density at radius 3 is 2.46 bits per heavy atom. The Balaban J connectivity index is 1.47. The monoisotopic (exact) mass is 668 g/mol. The smallest absolute Gasteiger partial charge is 0.264 e. The number of ether oxygens (including phenoxy) is 1. The number of benzene rings is 2. The third-order valence-electron chi connectivity index (χ3n) is 9.05.